The van der Waals surface area contributed by atoms with E-state index in [1.165, 1.54) is 12.8 Å². The molecule has 2 atom stereocenters. The van der Waals surface area contributed by atoms with Crippen molar-refractivity contribution in [2.45, 2.75) is 38.8 Å². The van der Waals surface area contributed by atoms with E-state index in [1.54, 1.807) is 7.11 Å². The second-order valence-electron chi connectivity index (χ2n) is 5.46. The lowest BCUT2D eigenvalue weighted by Crippen LogP contribution is -2.55. The Morgan fingerprint density at radius 3 is 2.50 bits per heavy atom. The summed E-state index contributed by atoms with van der Waals surface area (Å²) >= 11 is 0. The number of nitrogens with zero attached hydrogens (tertiary/aromatic N) is 1. The third kappa shape index (κ3) is 7.55. The van der Waals surface area contributed by atoms with E-state index >= 15 is 0 Å². The molecule has 0 aromatic heterocycles. The maximum Gasteiger partial charge on any atom is 0.0701 e. The summed E-state index contributed by atoms with van der Waals surface area (Å²) in [6.45, 7) is 11.2. The summed E-state index contributed by atoms with van der Waals surface area (Å²) in [6, 6.07) is 1.25. The van der Waals surface area contributed by atoms with Gasteiger partial charge in [-0.05, 0) is 13.3 Å². The van der Waals surface area contributed by atoms with Crippen molar-refractivity contribution < 1.29 is 14.2 Å². The van der Waals surface area contributed by atoms with Crippen LogP contribution in [0.3, 0.4) is 0 Å². The van der Waals surface area contributed by atoms with Crippen LogP contribution in [-0.2, 0) is 14.2 Å². The summed E-state index contributed by atoms with van der Waals surface area (Å²) in [5.41, 5.74) is 0. The largest absolute Gasteiger partial charge is 0.382 e. The minimum absolute atomic E-state index is 0.602. The lowest BCUT2D eigenvalue weighted by atomic mass is 10.1. The third-order valence-corrected chi connectivity index (χ3v) is 3.74. The number of methoxy groups -OCH3 is 1. The highest BCUT2D eigenvalue weighted by Crippen LogP contribution is 2.09. The molecule has 2 unspecified atom stereocenters. The van der Waals surface area contributed by atoms with Gasteiger partial charge in [0.25, 0.3) is 0 Å². The second-order valence-corrected chi connectivity index (χ2v) is 5.46. The zero-order chi connectivity index (χ0) is 14.6. The molecule has 1 aliphatic rings. The van der Waals surface area contributed by atoms with Crippen LogP contribution in [0.15, 0.2) is 0 Å². The van der Waals surface area contributed by atoms with Crippen LogP contribution >= 0.6 is 0 Å². The Bertz CT molecular complexity index is 229. The Morgan fingerprint density at radius 1 is 1.10 bits per heavy atom. The van der Waals surface area contributed by atoms with Gasteiger partial charge < -0.3 is 19.5 Å². The average Bonchev–Trinajstić information content (AvgIpc) is 2.45. The first kappa shape index (κ1) is 17.9. The first-order chi connectivity index (χ1) is 9.77. The van der Waals surface area contributed by atoms with Gasteiger partial charge in [-0.1, -0.05) is 13.3 Å². The van der Waals surface area contributed by atoms with Gasteiger partial charge >= 0.3 is 0 Å². The second kappa shape index (κ2) is 11.5. The number of piperazine rings is 1. The molecule has 0 radical (unpaired) electrons. The minimum Gasteiger partial charge on any atom is -0.382 e. The normalized spacial score (nSPS) is 24.1. The maximum absolute atomic E-state index is 5.63. The Balaban J connectivity index is 2.02. The molecule has 0 spiro atoms. The van der Waals surface area contributed by atoms with Crippen LogP contribution in [-0.4, -0.2) is 76.8 Å². The van der Waals surface area contributed by atoms with Gasteiger partial charge in [0, 0.05) is 38.8 Å². The van der Waals surface area contributed by atoms with Gasteiger partial charge in [0.1, 0.15) is 0 Å². The molecule has 20 heavy (non-hydrogen) atoms. The van der Waals surface area contributed by atoms with Crippen molar-refractivity contribution in [2.24, 2.45) is 0 Å². The first-order valence-electron chi connectivity index (χ1n) is 7.89. The molecule has 0 aliphatic carbocycles. The van der Waals surface area contributed by atoms with Crippen LogP contribution in [0.1, 0.15) is 26.7 Å². The Kier molecular flexibility index (Phi) is 10.2. The maximum atomic E-state index is 5.63. The predicted molar refractivity (Wildman–Crippen MR) is 81.2 cm³/mol. The fourth-order valence-electron chi connectivity index (χ4n) is 2.49. The van der Waals surface area contributed by atoms with E-state index in [2.05, 4.69) is 24.1 Å². The van der Waals surface area contributed by atoms with E-state index in [9.17, 15) is 0 Å². The van der Waals surface area contributed by atoms with Crippen LogP contribution in [0.25, 0.3) is 0 Å². The summed E-state index contributed by atoms with van der Waals surface area (Å²) in [5, 5.41) is 3.62. The zero-order valence-corrected chi connectivity index (χ0v) is 13.4. The van der Waals surface area contributed by atoms with Gasteiger partial charge in [-0.25, -0.2) is 0 Å². The van der Waals surface area contributed by atoms with Crippen molar-refractivity contribution >= 4 is 0 Å². The van der Waals surface area contributed by atoms with Crippen molar-refractivity contribution in [3.8, 4) is 0 Å². The van der Waals surface area contributed by atoms with Crippen LogP contribution < -0.4 is 5.32 Å². The third-order valence-electron chi connectivity index (χ3n) is 3.74. The molecule has 0 bridgehead atoms. The van der Waals surface area contributed by atoms with E-state index in [0.29, 0.717) is 38.5 Å². The van der Waals surface area contributed by atoms with Gasteiger partial charge in [0.2, 0.25) is 0 Å². The number of rotatable bonds is 11. The molecular formula is C15H32N2O3. The van der Waals surface area contributed by atoms with E-state index in [-0.39, 0.29) is 0 Å². The monoisotopic (exact) mass is 288 g/mol. The average molecular weight is 288 g/mol. The molecule has 0 aromatic rings. The lowest BCUT2D eigenvalue weighted by molar-refractivity contribution is 0.0134. The molecule has 1 fully saturated rings. The number of nitrogens with one attached hydrogen (secondary N) is 1. The van der Waals surface area contributed by atoms with Gasteiger partial charge in [-0.3, -0.25) is 4.90 Å². The molecule has 5 nitrogen and oxygen atoms in total. The summed E-state index contributed by atoms with van der Waals surface area (Å²) in [7, 11) is 1.68. The van der Waals surface area contributed by atoms with Crippen molar-refractivity contribution in [3.63, 3.8) is 0 Å². The highest BCUT2D eigenvalue weighted by atomic mass is 16.5. The Labute approximate surface area is 123 Å². The minimum atomic E-state index is 0.602. The van der Waals surface area contributed by atoms with Crippen molar-refractivity contribution in [1.82, 2.24) is 10.2 Å². The zero-order valence-electron chi connectivity index (χ0n) is 13.4. The molecule has 1 aliphatic heterocycles. The summed E-state index contributed by atoms with van der Waals surface area (Å²) in [5.74, 6) is 0. The van der Waals surface area contributed by atoms with E-state index < -0.39 is 0 Å². The molecule has 1 saturated heterocycles. The van der Waals surface area contributed by atoms with Crippen molar-refractivity contribution in [3.05, 3.63) is 0 Å². The molecular weight excluding hydrogens is 256 g/mol. The number of hydrogen-bond acceptors (Lipinski definition) is 5. The van der Waals surface area contributed by atoms with Gasteiger partial charge in [-0.15, -0.1) is 0 Å². The van der Waals surface area contributed by atoms with Crippen LogP contribution in [0.4, 0.5) is 0 Å². The van der Waals surface area contributed by atoms with Gasteiger partial charge in [0.05, 0.1) is 33.0 Å². The summed E-state index contributed by atoms with van der Waals surface area (Å²) < 4.78 is 15.9. The summed E-state index contributed by atoms with van der Waals surface area (Å²) in [6.07, 6.45) is 2.51. The van der Waals surface area contributed by atoms with Crippen molar-refractivity contribution in [2.75, 3.05) is 59.8 Å². The van der Waals surface area contributed by atoms with Crippen LogP contribution in [0, 0.1) is 0 Å². The smallest absolute Gasteiger partial charge is 0.0701 e. The SMILES string of the molecule is CCCC1CN(CCOCCOCCOC)C(C)CN1. The molecule has 5 heteroatoms. The quantitative estimate of drug-likeness (QED) is 0.577. The molecule has 120 valence electrons. The molecule has 0 amide bonds. The Hall–Kier alpha value is -0.200. The molecule has 1 heterocycles. The molecule has 0 saturated carbocycles. The van der Waals surface area contributed by atoms with Crippen LogP contribution in [0.2, 0.25) is 0 Å². The molecule has 0 aromatic carbocycles. The van der Waals surface area contributed by atoms with Gasteiger partial charge in [0.15, 0.2) is 0 Å². The summed E-state index contributed by atoms with van der Waals surface area (Å²) in [4.78, 5) is 2.53. The van der Waals surface area contributed by atoms with Crippen LogP contribution in [0.5, 0.6) is 0 Å². The molecule has 1 rings (SSSR count). The number of ether oxygens (including phenoxy) is 3. The fourth-order valence-corrected chi connectivity index (χ4v) is 2.49. The number of hydrogen-bond donors (Lipinski definition) is 1. The van der Waals surface area contributed by atoms with E-state index in [0.717, 1.165) is 26.2 Å². The first-order valence-corrected chi connectivity index (χ1v) is 7.89. The standard InChI is InChI=1S/C15H32N2O3/c1-4-5-15-13-17(14(2)12-16-15)6-7-19-10-11-20-9-8-18-3/h14-16H,4-13H2,1-3H3. The fraction of sp³-hybridized carbons (Fsp3) is 1.00. The van der Waals surface area contributed by atoms with E-state index in [4.69, 9.17) is 14.2 Å². The highest BCUT2D eigenvalue weighted by Gasteiger charge is 2.23. The predicted octanol–water partition coefficient (Wildman–Crippen LogP) is 1.13. The van der Waals surface area contributed by atoms with Crippen molar-refractivity contribution in [1.29, 1.82) is 0 Å². The lowest BCUT2D eigenvalue weighted by Gasteiger charge is -2.38. The van der Waals surface area contributed by atoms with Gasteiger partial charge in [-0.2, -0.15) is 0 Å². The Morgan fingerprint density at radius 2 is 1.80 bits per heavy atom. The van der Waals surface area contributed by atoms with E-state index in [1.807, 2.05) is 0 Å². The topological polar surface area (TPSA) is 43.0 Å². The highest BCUT2D eigenvalue weighted by molar-refractivity contribution is 4.83. The molecule has 1 N–H and O–H groups in total.